The zero-order valence-corrected chi connectivity index (χ0v) is 18.1. The quantitative estimate of drug-likeness (QED) is 0.368. The maximum atomic E-state index is 5.53. The predicted molar refractivity (Wildman–Crippen MR) is 120 cm³/mol. The van der Waals surface area contributed by atoms with Gasteiger partial charge in [0.25, 0.3) is 0 Å². The van der Waals surface area contributed by atoms with Crippen LogP contribution >= 0.6 is 0 Å². The van der Waals surface area contributed by atoms with E-state index in [1.807, 2.05) is 0 Å². The van der Waals surface area contributed by atoms with E-state index in [2.05, 4.69) is 67.9 Å². The van der Waals surface area contributed by atoms with Crippen molar-refractivity contribution < 1.29 is 4.74 Å². The van der Waals surface area contributed by atoms with Crippen LogP contribution in [0.25, 0.3) is 10.9 Å². The third-order valence-corrected chi connectivity index (χ3v) is 5.80. The summed E-state index contributed by atoms with van der Waals surface area (Å²) in [6.07, 6.45) is 11.8. The van der Waals surface area contributed by atoms with Crippen LogP contribution in [-0.2, 0) is 10.2 Å². The van der Waals surface area contributed by atoms with Crippen LogP contribution in [0.3, 0.4) is 0 Å². The van der Waals surface area contributed by atoms with Gasteiger partial charge in [0, 0.05) is 17.6 Å². The summed E-state index contributed by atoms with van der Waals surface area (Å²) in [6.45, 7) is 8.44. The number of hydrogen-bond acceptors (Lipinski definition) is 1. The lowest BCUT2D eigenvalue weighted by Crippen LogP contribution is -2.45. The second-order valence-corrected chi connectivity index (χ2v) is 9.68. The molecule has 0 unspecified atom stereocenters. The van der Waals surface area contributed by atoms with Crippen molar-refractivity contribution in [2.75, 3.05) is 13.2 Å². The molecule has 2 aromatic rings. The first-order valence-corrected chi connectivity index (χ1v) is 11.1. The zero-order valence-electron chi connectivity index (χ0n) is 18.1. The van der Waals surface area contributed by atoms with E-state index in [0.717, 1.165) is 6.42 Å². The molecular weight excluding hydrogens is 342 g/mol. The first-order chi connectivity index (χ1) is 13.5. The lowest BCUT2D eigenvalue weighted by Gasteiger charge is -2.36. The number of nitrogens with one attached hydrogen (secondary N) is 1. The Bertz CT molecular complexity index is 762. The van der Waals surface area contributed by atoms with Crippen molar-refractivity contribution in [2.24, 2.45) is 5.41 Å². The van der Waals surface area contributed by atoms with E-state index < -0.39 is 0 Å². The fourth-order valence-electron chi connectivity index (χ4n) is 3.92. The highest BCUT2D eigenvalue weighted by Gasteiger charge is 2.40. The van der Waals surface area contributed by atoms with E-state index in [1.165, 1.54) is 68.0 Å². The highest BCUT2D eigenvalue weighted by atomic mass is 16.5. The van der Waals surface area contributed by atoms with Crippen LogP contribution < -0.4 is 0 Å². The van der Waals surface area contributed by atoms with Crippen LogP contribution in [0.5, 0.6) is 0 Å². The molecule has 0 bridgehead atoms. The second-order valence-electron chi connectivity index (χ2n) is 9.68. The number of aromatic nitrogens is 1. The van der Waals surface area contributed by atoms with E-state index in [-0.39, 0.29) is 5.41 Å². The minimum atomic E-state index is -0.119. The molecule has 2 heteroatoms. The molecule has 0 aliphatic carbocycles. The van der Waals surface area contributed by atoms with Crippen molar-refractivity contribution in [1.82, 2.24) is 4.98 Å². The molecule has 1 fully saturated rings. The summed E-state index contributed by atoms with van der Waals surface area (Å²) in [4.78, 5) is 3.55. The molecule has 1 N–H and O–H groups in total. The van der Waals surface area contributed by atoms with Crippen molar-refractivity contribution in [3.8, 4) is 11.8 Å². The van der Waals surface area contributed by atoms with Crippen molar-refractivity contribution in [3.05, 3.63) is 36.0 Å². The van der Waals surface area contributed by atoms with Crippen molar-refractivity contribution in [2.45, 2.75) is 84.0 Å². The Labute approximate surface area is 171 Å². The summed E-state index contributed by atoms with van der Waals surface area (Å²) in [6, 6.07) is 10.7. The normalized spacial score (nSPS) is 15.8. The van der Waals surface area contributed by atoms with Crippen molar-refractivity contribution in [1.29, 1.82) is 0 Å². The number of unbranched alkanes of at least 4 members (excludes halogenated alkanes) is 7. The van der Waals surface area contributed by atoms with Gasteiger partial charge in [-0.25, -0.2) is 0 Å². The molecule has 2 heterocycles. The molecule has 1 aromatic heterocycles. The molecule has 0 spiro atoms. The minimum absolute atomic E-state index is 0.119. The van der Waals surface area contributed by atoms with Crippen LogP contribution in [-0.4, -0.2) is 18.2 Å². The number of para-hydroxylation sites is 1. The van der Waals surface area contributed by atoms with Crippen LogP contribution in [0.4, 0.5) is 0 Å². The molecule has 1 aliphatic heterocycles. The fourth-order valence-corrected chi connectivity index (χ4v) is 3.92. The highest BCUT2D eigenvalue weighted by molar-refractivity contribution is 5.81. The fraction of sp³-hybridized carbons (Fsp3) is 0.615. The largest absolute Gasteiger partial charge is 0.377 e. The molecule has 0 saturated carbocycles. The van der Waals surface area contributed by atoms with Crippen LogP contribution in [0.2, 0.25) is 0 Å². The SMILES string of the molecule is CC(C)(C)CCCCCCCCCC#CC1(c2cc3ccccc3[nH]2)COC1. The Balaban J connectivity index is 1.35. The van der Waals surface area contributed by atoms with Gasteiger partial charge in [-0.05, 0) is 35.8 Å². The summed E-state index contributed by atoms with van der Waals surface area (Å²) in [5, 5.41) is 1.26. The smallest absolute Gasteiger partial charge is 0.118 e. The Morgan fingerprint density at radius 3 is 2.29 bits per heavy atom. The van der Waals surface area contributed by atoms with Gasteiger partial charge in [-0.15, -0.1) is 5.92 Å². The Morgan fingerprint density at radius 2 is 1.64 bits per heavy atom. The van der Waals surface area contributed by atoms with Crippen LogP contribution in [0.1, 0.15) is 84.3 Å². The number of aromatic amines is 1. The third kappa shape index (κ3) is 5.89. The standard InChI is InChI=1S/C26H37NO/c1-25(2,3)17-13-9-7-5-4-6-8-10-14-18-26(20-28-21-26)24-19-22-15-11-12-16-23(22)27-24/h11-12,15-16,19,27H,4-10,13,17,20-21H2,1-3H3. The maximum Gasteiger partial charge on any atom is 0.118 e. The van der Waals surface area contributed by atoms with Gasteiger partial charge < -0.3 is 9.72 Å². The molecule has 0 radical (unpaired) electrons. The Hall–Kier alpha value is -1.72. The molecular formula is C26H37NO. The van der Waals surface area contributed by atoms with Gasteiger partial charge in [0.05, 0.1) is 13.2 Å². The van der Waals surface area contributed by atoms with E-state index >= 15 is 0 Å². The number of fused-ring (bicyclic) bond motifs is 1. The monoisotopic (exact) mass is 379 g/mol. The van der Waals surface area contributed by atoms with Gasteiger partial charge in [0.1, 0.15) is 5.41 Å². The molecule has 0 atom stereocenters. The van der Waals surface area contributed by atoms with Crippen LogP contribution in [0, 0.1) is 17.3 Å². The summed E-state index contributed by atoms with van der Waals surface area (Å²) in [5.41, 5.74) is 2.77. The van der Waals surface area contributed by atoms with Crippen LogP contribution in [0.15, 0.2) is 30.3 Å². The molecule has 1 aliphatic rings. The number of rotatable bonds is 9. The van der Waals surface area contributed by atoms with Gasteiger partial charge in [-0.2, -0.15) is 0 Å². The molecule has 28 heavy (non-hydrogen) atoms. The number of benzene rings is 1. The van der Waals surface area contributed by atoms with Crippen molar-refractivity contribution >= 4 is 10.9 Å². The van der Waals surface area contributed by atoms with Gasteiger partial charge in [-0.3, -0.25) is 0 Å². The lowest BCUT2D eigenvalue weighted by molar-refractivity contribution is -0.0304. The first kappa shape index (κ1) is 21.0. The Kier molecular flexibility index (Phi) is 7.24. The summed E-state index contributed by atoms with van der Waals surface area (Å²) < 4.78 is 5.53. The third-order valence-electron chi connectivity index (χ3n) is 5.80. The molecule has 2 nitrogen and oxygen atoms in total. The lowest BCUT2D eigenvalue weighted by atomic mass is 9.83. The van der Waals surface area contributed by atoms with E-state index in [1.54, 1.807) is 0 Å². The topological polar surface area (TPSA) is 25.0 Å². The average molecular weight is 380 g/mol. The predicted octanol–water partition coefficient (Wildman–Crippen LogP) is 7.00. The number of H-pyrrole nitrogens is 1. The summed E-state index contributed by atoms with van der Waals surface area (Å²) >= 11 is 0. The number of ether oxygens (including phenoxy) is 1. The average Bonchev–Trinajstić information content (AvgIpc) is 3.04. The highest BCUT2D eigenvalue weighted by Crippen LogP contribution is 2.33. The molecule has 3 rings (SSSR count). The van der Waals surface area contributed by atoms with E-state index in [4.69, 9.17) is 4.74 Å². The van der Waals surface area contributed by atoms with Gasteiger partial charge in [-0.1, -0.05) is 83.4 Å². The van der Waals surface area contributed by atoms with E-state index in [0.29, 0.717) is 18.6 Å². The van der Waals surface area contributed by atoms with Gasteiger partial charge >= 0.3 is 0 Å². The first-order valence-electron chi connectivity index (χ1n) is 11.1. The number of hydrogen-bond donors (Lipinski definition) is 1. The molecule has 1 saturated heterocycles. The van der Waals surface area contributed by atoms with E-state index in [9.17, 15) is 0 Å². The molecule has 1 aromatic carbocycles. The van der Waals surface area contributed by atoms with Gasteiger partial charge in [0.15, 0.2) is 0 Å². The second kappa shape index (κ2) is 9.66. The molecule has 0 amide bonds. The Morgan fingerprint density at radius 1 is 0.964 bits per heavy atom. The minimum Gasteiger partial charge on any atom is -0.377 e. The summed E-state index contributed by atoms with van der Waals surface area (Å²) in [5.74, 6) is 6.99. The maximum absolute atomic E-state index is 5.53. The summed E-state index contributed by atoms with van der Waals surface area (Å²) in [7, 11) is 0. The van der Waals surface area contributed by atoms with Gasteiger partial charge in [0.2, 0.25) is 0 Å². The zero-order chi connectivity index (χ0) is 19.9. The molecule has 152 valence electrons. The van der Waals surface area contributed by atoms with Crippen molar-refractivity contribution in [3.63, 3.8) is 0 Å².